The molecule has 0 heterocycles. The van der Waals surface area contributed by atoms with E-state index in [1.165, 1.54) is 5.34 Å². The van der Waals surface area contributed by atoms with E-state index >= 15 is 0 Å². The standard InChI is InChI=1S/N2O4.NO.Ru/c3-1-6-2(4)5;1-2;/q;-1;+1. The molecule has 0 aromatic heterocycles. The third kappa shape index (κ3) is 43.3. The van der Waals surface area contributed by atoms with Gasteiger partial charge in [-0.25, -0.2) is 10.1 Å². The van der Waals surface area contributed by atoms with Gasteiger partial charge >= 0.3 is 32.7 Å². The summed E-state index contributed by atoms with van der Waals surface area (Å²) in [7, 11) is 0. The summed E-state index contributed by atoms with van der Waals surface area (Å²) in [5, 5.41) is 9.08. The van der Waals surface area contributed by atoms with Crippen molar-refractivity contribution in [2.45, 2.75) is 0 Å². The number of nitroso groups, excluding NO2 is 1. The molecular formula is N3O5Ru. The van der Waals surface area contributed by atoms with Crippen molar-refractivity contribution in [1.82, 2.24) is 0 Å². The summed E-state index contributed by atoms with van der Waals surface area (Å²) in [4.78, 5) is 28.9. The van der Waals surface area contributed by atoms with Crippen LogP contribution in [0.3, 0.4) is 0 Å². The van der Waals surface area contributed by atoms with Crippen LogP contribution >= 0.6 is 0 Å². The van der Waals surface area contributed by atoms with Crippen LogP contribution in [0.1, 0.15) is 0 Å². The minimum absolute atomic E-state index is 1.30. The van der Waals surface area contributed by atoms with Crippen molar-refractivity contribution < 1.29 is 28.6 Å². The van der Waals surface area contributed by atoms with Crippen molar-refractivity contribution >= 4 is 0 Å². The monoisotopic (exact) mass is 224 g/mol. The van der Waals surface area contributed by atoms with Gasteiger partial charge in [0.25, 0.3) is 0 Å². The Morgan fingerprint density at radius 1 is 1.56 bits per heavy atom. The summed E-state index contributed by atoms with van der Waals surface area (Å²) in [6, 6.07) is 0. The second kappa shape index (κ2) is 10.1. The van der Waals surface area contributed by atoms with E-state index in [-0.39, 0.29) is 0 Å². The molecule has 0 saturated heterocycles. The molecule has 0 N–H and O–H groups in total. The molecule has 0 aromatic carbocycles. The third-order valence-corrected chi connectivity index (χ3v) is 0.100. The van der Waals surface area contributed by atoms with Crippen LogP contribution in [0.15, 0.2) is 9.26 Å². The van der Waals surface area contributed by atoms with Crippen LogP contribution in [0, 0.1) is 19.9 Å². The molecule has 9 heteroatoms. The molecule has 53 valence electrons. The molecule has 9 heavy (non-hydrogen) atoms. The SMILES string of the molecule is O=NO[N+](=O)[O-].O=[N][Ru]. The molecule has 0 rings (SSSR count). The van der Waals surface area contributed by atoms with Gasteiger partial charge in [-0.2, -0.15) is 0 Å². The maximum atomic E-state index is 8.89. The molecule has 0 atom stereocenters. The van der Waals surface area contributed by atoms with E-state index in [0.29, 0.717) is 0 Å². The zero-order valence-electron chi connectivity index (χ0n) is 3.74. The van der Waals surface area contributed by atoms with E-state index in [2.05, 4.69) is 8.86 Å². The van der Waals surface area contributed by atoms with Gasteiger partial charge in [0.05, 0.1) is 0 Å². The first kappa shape index (κ1) is 10.9. The fraction of sp³-hybridized carbons (Fsp3) is 0. The van der Waals surface area contributed by atoms with Crippen LogP contribution < -0.4 is 0 Å². The van der Waals surface area contributed by atoms with Crippen molar-refractivity contribution in [3.8, 4) is 0 Å². The van der Waals surface area contributed by atoms with Gasteiger partial charge < -0.3 is 0 Å². The van der Waals surface area contributed by atoms with Gasteiger partial charge in [0.2, 0.25) is 0 Å². The quantitative estimate of drug-likeness (QED) is 0.285. The number of rotatable bonds is 2. The van der Waals surface area contributed by atoms with E-state index in [9.17, 15) is 0 Å². The van der Waals surface area contributed by atoms with Crippen LogP contribution in [-0.4, -0.2) is 5.09 Å². The average Bonchev–Trinajstić information content (AvgIpc) is 1.67. The average molecular weight is 223 g/mol. The summed E-state index contributed by atoms with van der Waals surface area (Å²) in [5.74, 6) is 0. The number of hydrogen-bond acceptors (Lipinski definition) is 7. The molecule has 0 aliphatic rings. The van der Waals surface area contributed by atoms with Gasteiger partial charge in [0, 0.05) is 4.91 Å². The molecule has 0 unspecified atom stereocenters. The molecule has 0 aromatic rings. The first-order valence-corrected chi connectivity index (χ1v) is 2.03. The summed E-state index contributed by atoms with van der Waals surface area (Å²) in [6.07, 6.45) is 0. The zero-order valence-corrected chi connectivity index (χ0v) is 5.47. The van der Waals surface area contributed by atoms with E-state index in [4.69, 9.17) is 19.9 Å². The first-order chi connectivity index (χ1) is 4.18. The molecule has 0 amide bonds. The third-order valence-electron chi connectivity index (χ3n) is 0.100. The molecule has 0 bridgehead atoms. The van der Waals surface area contributed by atoms with Crippen LogP contribution in [-0.2, 0) is 23.5 Å². The van der Waals surface area contributed by atoms with Gasteiger partial charge in [-0.15, -0.1) is 4.94 Å². The summed E-state index contributed by atoms with van der Waals surface area (Å²) >= 11 is 1.58. The van der Waals surface area contributed by atoms with Crippen molar-refractivity contribution in [3.05, 3.63) is 19.9 Å². The van der Waals surface area contributed by atoms with E-state index in [1.807, 2.05) is 0 Å². The molecule has 0 aliphatic carbocycles. The Bertz CT molecular complexity index is 100. The zero-order chi connectivity index (χ0) is 7.70. The fourth-order valence-electron chi connectivity index (χ4n) is 0.0272. The molecular weight excluding hydrogens is 223 g/mol. The topological polar surface area (TPSA) is 111 Å². The van der Waals surface area contributed by atoms with Crippen molar-refractivity contribution in [3.63, 3.8) is 0 Å². The van der Waals surface area contributed by atoms with Crippen LogP contribution in [0.2, 0.25) is 0 Å². The summed E-state index contributed by atoms with van der Waals surface area (Å²) in [6.45, 7) is 0. The summed E-state index contributed by atoms with van der Waals surface area (Å²) in [5.41, 5.74) is 0. The Morgan fingerprint density at radius 2 is 1.89 bits per heavy atom. The Kier molecular flexibility index (Phi) is 12.2. The van der Waals surface area contributed by atoms with E-state index in [1.54, 1.807) is 18.5 Å². The summed E-state index contributed by atoms with van der Waals surface area (Å²) < 4.78 is 2.18. The number of hydrogen-bond donors (Lipinski definition) is 0. The van der Waals surface area contributed by atoms with Crippen molar-refractivity contribution in [2.24, 2.45) is 9.26 Å². The predicted octanol–water partition coefficient (Wildman–Crippen LogP) is 0.0907. The van der Waals surface area contributed by atoms with Gasteiger partial charge in [-0.3, -0.25) is 0 Å². The Labute approximate surface area is 58.5 Å². The van der Waals surface area contributed by atoms with E-state index in [0.717, 1.165) is 0 Å². The van der Waals surface area contributed by atoms with Crippen LogP contribution in [0.25, 0.3) is 0 Å². The molecule has 0 fully saturated rings. The Morgan fingerprint density at radius 3 is 1.89 bits per heavy atom. The molecule has 0 spiro atoms. The maximum absolute atomic E-state index is 8.89. The van der Waals surface area contributed by atoms with Crippen molar-refractivity contribution in [1.29, 1.82) is 0 Å². The molecule has 8 nitrogen and oxygen atoms in total. The molecule has 0 saturated carbocycles. The Hall–Kier alpha value is -0.977. The van der Waals surface area contributed by atoms with Gasteiger partial charge in [-0.1, -0.05) is 0 Å². The van der Waals surface area contributed by atoms with Crippen molar-refractivity contribution in [2.75, 3.05) is 0 Å². The normalized spacial score (nSPS) is 5.89. The Balaban J connectivity index is 0. The molecule has 0 aliphatic heterocycles. The van der Waals surface area contributed by atoms with Gasteiger partial charge in [0.15, 0.2) is 5.09 Å². The first-order valence-electron chi connectivity index (χ1n) is 1.25. The second-order valence-corrected chi connectivity index (χ2v) is 0.762. The second-order valence-electron chi connectivity index (χ2n) is 0.444. The number of nitrogens with zero attached hydrogens (tertiary/aromatic N) is 3. The van der Waals surface area contributed by atoms with Crippen LogP contribution in [0.4, 0.5) is 0 Å². The minimum atomic E-state index is -1.30. The molecule has 0 radical (unpaired) electrons. The predicted molar refractivity (Wildman–Crippen MR) is 19.7 cm³/mol. The van der Waals surface area contributed by atoms with Gasteiger partial charge in [0.1, 0.15) is 0 Å². The van der Waals surface area contributed by atoms with Gasteiger partial charge in [-0.05, 0) is 0 Å². The van der Waals surface area contributed by atoms with E-state index < -0.39 is 5.09 Å². The van der Waals surface area contributed by atoms with Crippen LogP contribution in [0.5, 0.6) is 0 Å². The fourth-order valence-corrected chi connectivity index (χ4v) is 0.0272.